The third-order valence-electron chi connectivity index (χ3n) is 4.31. The van der Waals surface area contributed by atoms with Crippen LogP contribution in [0.15, 0.2) is 36.0 Å². The Morgan fingerprint density at radius 3 is 2.17 bits per heavy atom. The molecular weight excluding hydrogens is 300 g/mol. The fraction of sp³-hybridized carbons (Fsp3) is 0.667. The monoisotopic (exact) mass is 334 g/mol. The first-order chi connectivity index (χ1) is 11.7. The molecule has 0 amide bonds. The highest BCUT2D eigenvalue weighted by molar-refractivity contribution is 5.92. The van der Waals surface area contributed by atoms with Crippen LogP contribution in [-0.4, -0.2) is 23.3 Å². The summed E-state index contributed by atoms with van der Waals surface area (Å²) in [7, 11) is 0. The Morgan fingerprint density at radius 1 is 0.958 bits per heavy atom. The second-order valence-corrected chi connectivity index (χ2v) is 6.53. The molecule has 24 heavy (non-hydrogen) atoms. The van der Waals surface area contributed by atoms with E-state index in [0.717, 1.165) is 32.1 Å². The van der Waals surface area contributed by atoms with E-state index in [9.17, 15) is 9.90 Å². The summed E-state index contributed by atoms with van der Waals surface area (Å²) < 4.78 is 4.98. The summed E-state index contributed by atoms with van der Waals surface area (Å²) in [5.41, 5.74) is 0.438. The molecule has 1 N–H and O–H groups in total. The maximum absolute atomic E-state index is 11.5. The SMILES string of the molecule is CCCCC/C=C\C/C=C\CCCCC/C=C1/C(=O)O[C@H](C)[C@H]1O. The largest absolute Gasteiger partial charge is 0.456 e. The fourth-order valence-corrected chi connectivity index (χ4v) is 2.74. The Kier molecular flexibility index (Phi) is 11.2. The molecule has 1 saturated heterocycles. The number of ether oxygens (including phenoxy) is 1. The van der Waals surface area contributed by atoms with Crippen molar-refractivity contribution in [2.24, 2.45) is 0 Å². The van der Waals surface area contributed by atoms with Crippen LogP contribution in [0, 0.1) is 0 Å². The molecule has 2 atom stereocenters. The van der Waals surface area contributed by atoms with Gasteiger partial charge in [-0.15, -0.1) is 0 Å². The highest BCUT2D eigenvalue weighted by Crippen LogP contribution is 2.21. The van der Waals surface area contributed by atoms with Crippen molar-refractivity contribution in [2.45, 2.75) is 90.3 Å². The Hall–Kier alpha value is -1.35. The van der Waals surface area contributed by atoms with Gasteiger partial charge in [-0.3, -0.25) is 0 Å². The molecule has 0 saturated carbocycles. The van der Waals surface area contributed by atoms with Crippen molar-refractivity contribution in [3.63, 3.8) is 0 Å². The molecule has 0 aromatic carbocycles. The number of aliphatic hydroxyl groups excluding tert-OH is 1. The molecule has 136 valence electrons. The Balaban J connectivity index is 1.99. The summed E-state index contributed by atoms with van der Waals surface area (Å²) in [4.78, 5) is 11.5. The molecule has 3 heteroatoms. The quantitative estimate of drug-likeness (QED) is 0.229. The lowest BCUT2D eigenvalue weighted by atomic mass is 10.1. The second-order valence-electron chi connectivity index (χ2n) is 6.53. The van der Waals surface area contributed by atoms with Gasteiger partial charge in [0.15, 0.2) is 0 Å². The van der Waals surface area contributed by atoms with E-state index in [1.807, 2.05) is 6.08 Å². The lowest BCUT2D eigenvalue weighted by Gasteiger charge is -2.04. The van der Waals surface area contributed by atoms with Gasteiger partial charge in [-0.1, -0.05) is 56.6 Å². The van der Waals surface area contributed by atoms with Crippen LogP contribution >= 0.6 is 0 Å². The van der Waals surface area contributed by atoms with Gasteiger partial charge in [-0.05, 0) is 51.9 Å². The first-order valence-corrected chi connectivity index (χ1v) is 9.56. The number of hydrogen-bond donors (Lipinski definition) is 1. The van der Waals surface area contributed by atoms with Crippen LogP contribution in [0.1, 0.15) is 78.1 Å². The average molecular weight is 334 g/mol. The van der Waals surface area contributed by atoms with Crippen LogP contribution in [0.5, 0.6) is 0 Å². The van der Waals surface area contributed by atoms with E-state index in [1.165, 1.54) is 32.1 Å². The molecule has 3 nitrogen and oxygen atoms in total. The van der Waals surface area contributed by atoms with Crippen molar-refractivity contribution in [2.75, 3.05) is 0 Å². The molecule has 1 heterocycles. The predicted octanol–water partition coefficient (Wildman–Crippen LogP) is 5.25. The third-order valence-corrected chi connectivity index (χ3v) is 4.31. The van der Waals surface area contributed by atoms with Crippen molar-refractivity contribution in [3.05, 3.63) is 36.0 Å². The first kappa shape index (κ1) is 20.7. The number of unbranched alkanes of at least 4 members (excludes halogenated alkanes) is 7. The van der Waals surface area contributed by atoms with Gasteiger partial charge in [0.05, 0.1) is 5.57 Å². The van der Waals surface area contributed by atoms with E-state index in [1.54, 1.807) is 6.92 Å². The Bertz CT molecular complexity index is 434. The highest BCUT2D eigenvalue weighted by Gasteiger charge is 2.34. The Morgan fingerprint density at radius 2 is 1.58 bits per heavy atom. The zero-order valence-corrected chi connectivity index (χ0v) is 15.4. The molecule has 1 fully saturated rings. The maximum atomic E-state index is 11.5. The number of carbonyl (C=O) groups excluding carboxylic acids is 1. The first-order valence-electron chi connectivity index (χ1n) is 9.56. The van der Waals surface area contributed by atoms with Crippen LogP contribution in [0.2, 0.25) is 0 Å². The third kappa shape index (κ3) is 8.49. The van der Waals surface area contributed by atoms with Gasteiger partial charge in [0.1, 0.15) is 12.2 Å². The lowest BCUT2D eigenvalue weighted by molar-refractivity contribution is -0.138. The molecule has 0 bridgehead atoms. The number of carbonyl (C=O) groups is 1. The van der Waals surface area contributed by atoms with Crippen molar-refractivity contribution in [1.82, 2.24) is 0 Å². The van der Waals surface area contributed by atoms with Crippen LogP contribution in [0.4, 0.5) is 0 Å². The van der Waals surface area contributed by atoms with Gasteiger partial charge in [0.2, 0.25) is 0 Å². The minimum Gasteiger partial charge on any atom is -0.456 e. The maximum Gasteiger partial charge on any atom is 0.336 e. The zero-order valence-electron chi connectivity index (χ0n) is 15.4. The molecule has 0 aromatic heterocycles. The van der Waals surface area contributed by atoms with E-state index in [-0.39, 0.29) is 5.97 Å². The average Bonchev–Trinajstić information content (AvgIpc) is 2.81. The minimum atomic E-state index is -0.754. The van der Waals surface area contributed by atoms with Gasteiger partial charge in [-0.2, -0.15) is 0 Å². The fourth-order valence-electron chi connectivity index (χ4n) is 2.74. The number of allylic oxidation sites excluding steroid dienone is 5. The summed E-state index contributed by atoms with van der Waals surface area (Å²) in [6, 6.07) is 0. The second kappa shape index (κ2) is 13.0. The standard InChI is InChI=1S/C21H34O3/c1-3-4-5-6-7-8-9-10-11-12-13-14-15-16-17-19-20(22)18(2)24-21(19)23/h7-8,10-11,17-18,20,22H,3-6,9,12-16H2,1-2H3/b8-7-,11-10-,19-17+/t18-,20-/m1/s1. The van der Waals surface area contributed by atoms with Gasteiger partial charge in [0.25, 0.3) is 0 Å². The molecule has 1 aliphatic rings. The van der Waals surface area contributed by atoms with E-state index in [4.69, 9.17) is 4.74 Å². The van der Waals surface area contributed by atoms with Crippen LogP contribution in [0.25, 0.3) is 0 Å². The summed E-state index contributed by atoms with van der Waals surface area (Å²) in [5, 5.41) is 9.80. The van der Waals surface area contributed by atoms with Crippen LogP contribution in [0.3, 0.4) is 0 Å². The Labute approximate surface area is 147 Å². The van der Waals surface area contributed by atoms with Crippen molar-refractivity contribution in [3.8, 4) is 0 Å². The van der Waals surface area contributed by atoms with Crippen molar-refractivity contribution >= 4 is 5.97 Å². The molecule has 0 unspecified atom stereocenters. The summed E-state index contributed by atoms with van der Waals surface area (Å²) in [6.45, 7) is 3.95. The molecular formula is C21H34O3. The van der Waals surface area contributed by atoms with E-state index < -0.39 is 12.2 Å². The number of cyclic esters (lactones) is 1. The number of rotatable bonds is 12. The van der Waals surface area contributed by atoms with Crippen molar-refractivity contribution in [1.29, 1.82) is 0 Å². The molecule has 0 radical (unpaired) electrons. The number of esters is 1. The minimum absolute atomic E-state index is 0.360. The van der Waals surface area contributed by atoms with E-state index in [0.29, 0.717) is 5.57 Å². The number of aliphatic hydroxyl groups is 1. The van der Waals surface area contributed by atoms with Gasteiger partial charge in [-0.25, -0.2) is 4.79 Å². The topological polar surface area (TPSA) is 46.5 Å². The molecule has 1 rings (SSSR count). The normalized spacial score (nSPS) is 23.0. The van der Waals surface area contributed by atoms with Crippen LogP contribution < -0.4 is 0 Å². The summed E-state index contributed by atoms with van der Waals surface area (Å²) >= 11 is 0. The lowest BCUT2D eigenvalue weighted by Crippen LogP contribution is -2.17. The smallest absolute Gasteiger partial charge is 0.336 e. The van der Waals surface area contributed by atoms with Crippen LogP contribution in [-0.2, 0) is 9.53 Å². The predicted molar refractivity (Wildman–Crippen MR) is 99.8 cm³/mol. The molecule has 0 aliphatic carbocycles. The van der Waals surface area contributed by atoms with E-state index >= 15 is 0 Å². The number of hydrogen-bond acceptors (Lipinski definition) is 3. The van der Waals surface area contributed by atoms with Gasteiger partial charge >= 0.3 is 5.97 Å². The zero-order chi connectivity index (χ0) is 17.6. The van der Waals surface area contributed by atoms with Gasteiger partial charge in [0, 0.05) is 0 Å². The van der Waals surface area contributed by atoms with Crippen molar-refractivity contribution < 1.29 is 14.6 Å². The highest BCUT2D eigenvalue weighted by atomic mass is 16.6. The summed E-state index contributed by atoms with van der Waals surface area (Å²) in [6.07, 6.45) is 21.2. The summed E-state index contributed by atoms with van der Waals surface area (Å²) in [5.74, 6) is -0.360. The molecule has 0 aromatic rings. The molecule has 1 aliphatic heterocycles. The molecule has 0 spiro atoms. The van der Waals surface area contributed by atoms with E-state index in [2.05, 4.69) is 31.2 Å². The van der Waals surface area contributed by atoms with Gasteiger partial charge < -0.3 is 9.84 Å².